The van der Waals surface area contributed by atoms with Crippen LogP contribution in [0.1, 0.15) is 13.8 Å². The Morgan fingerprint density at radius 3 is 1.96 bits per heavy atom. The van der Waals surface area contributed by atoms with E-state index in [1.54, 1.807) is 24.3 Å². The van der Waals surface area contributed by atoms with E-state index in [4.69, 9.17) is 14.2 Å². The van der Waals surface area contributed by atoms with Crippen molar-refractivity contribution in [1.82, 2.24) is 0 Å². The molecule has 0 aliphatic carbocycles. The molecule has 6 nitrogen and oxygen atoms in total. The first-order chi connectivity index (χ1) is 12.3. The number of rotatable bonds is 4. The monoisotopic (exact) mass is 417 g/mol. The number of carbonyl (C=O) groups is 2. The van der Waals surface area contributed by atoms with Gasteiger partial charge in [0.05, 0.1) is 0 Å². The van der Waals surface area contributed by atoms with Gasteiger partial charge in [-0.25, -0.2) is 9.59 Å². The summed E-state index contributed by atoms with van der Waals surface area (Å²) in [6.45, 7) is 2.99. The van der Waals surface area contributed by atoms with E-state index in [1.807, 2.05) is 24.3 Å². The molecule has 0 radical (unpaired) electrons. The van der Waals surface area contributed by atoms with Gasteiger partial charge in [0.1, 0.15) is 11.5 Å². The minimum atomic E-state index is -1.25. The Bertz CT molecular complexity index is 835. The van der Waals surface area contributed by atoms with Gasteiger partial charge in [-0.2, -0.15) is 0 Å². The van der Waals surface area contributed by atoms with E-state index in [0.717, 1.165) is 4.47 Å². The normalized spacial score (nSPS) is 15.7. The minimum Gasteiger partial charge on any atom is -0.457 e. The van der Waals surface area contributed by atoms with Gasteiger partial charge >= 0.3 is 11.9 Å². The lowest BCUT2D eigenvalue weighted by atomic mass is 10.2. The molecule has 1 saturated heterocycles. The lowest BCUT2D eigenvalue weighted by Crippen LogP contribution is -2.42. The molecule has 0 atom stereocenters. The predicted molar refractivity (Wildman–Crippen MR) is 98.6 cm³/mol. The maximum absolute atomic E-state index is 11.9. The summed E-state index contributed by atoms with van der Waals surface area (Å²) in [7, 11) is 0. The van der Waals surface area contributed by atoms with Crippen LogP contribution in [-0.4, -0.2) is 17.7 Å². The topological polar surface area (TPSA) is 73.9 Å². The molecule has 1 aliphatic rings. The second-order valence-electron chi connectivity index (χ2n) is 5.96. The molecule has 0 saturated carbocycles. The second-order valence-corrected chi connectivity index (χ2v) is 6.88. The zero-order valence-electron chi connectivity index (χ0n) is 14.1. The second kappa shape index (κ2) is 7.21. The molecule has 0 spiro atoms. The van der Waals surface area contributed by atoms with Crippen molar-refractivity contribution in [2.75, 3.05) is 5.32 Å². The quantitative estimate of drug-likeness (QED) is 0.452. The maximum atomic E-state index is 11.9. The molecular formula is C19H16BrNO5. The molecule has 2 aromatic rings. The van der Waals surface area contributed by atoms with Gasteiger partial charge in [-0.1, -0.05) is 15.9 Å². The highest BCUT2D eigenvalue weighted by Gasteiger charge is 2.38. The molecule has 1 heterocycles. The van der Waals surface area contributed by atoms with E-state index in [2.05, 4.69) is 21.2 Å². The molecular weight excluding hydrogens is 402 g/mol. The summed E-state index contributed by atoms with van der Waals surface area (Å²) in [4.78, 5) is 23.7. The Labute approximate surface area is 158 Å². The Kier molecular flexibility index (Phi) is 4.99. The summed E-state index contributed by atoms with van der Waals surface area (Å²) in [5.74, 6) is -1.34. The molecule has 7 heteroatoms. The van der Waals surface area contributed by atoms with Crippen molar-refractivity contribution in [3.63, 3.8) is 0 Å². The molecule has 0 bridgehead atoms. The number of halogens is 1. The van der Waals surface area contributed by atoms with Crippen molar-refractivity contribution in [3.8, 4) is 11.5 Å². The summed E-state index contributed by atoms with van der Waals surface area (Å²) >= 11 is 3.37. The van der Waals surface area contributed by atoms with Crippen molar-refractivity contribution in [3.05, 3.63) is 64.8 Å². The molecule has 0 unspecified atom stereocenters. The standard InChI is InChI=1S/C19H16BrNO5/c1-19(2)25-17(22)16(18(23)26-19)11-21-13-5-9-15(10-6-13)24-14-7-3-12(20)4-8-14/h3-11,21H,1-2H3. The molecule has 2 aromatic carbocycles. The molecule has 0 amide bonds. The number of ether oxygens (including phenoxy) is 3. The van der Waals surface area contributed by atoms with Crippen molar-refractivity contribution >= 4 is 33.6 Å². The van der Waals surface area contributed by atoms with Crippen LogP contribution in [0, 0.1) is 0 Å². The van der Waals surface area contributed by atoms with Crippen LogP contribution in [0.2, 0.25) is 0 Å². The summed E-state index contributed by atoms with van der Waals surface area (Å²) in [5, 5.41) is 2.88. The number of carbonyl (C=O) groups excluding carboxylic acids is 2. The van der Waals surface area contributed by atoms with E-state index in [0.29, 0.717) is 17.2 Å². The van der Waals surface area contributed by atoms with E-state index in [-0.39, 0.29) is 5.57 Å². The zero-order chi connectivity index (χ0) is 18.7. The van der Waals surface area contributed by atoms with Gasteiger partial charge in [0.15, 0.2) is 5.57 Å². The van der Waals surface area contributed by atoms with E-state index < -0.39 is 17.7 Å². The lowest BCUT2D eigenvalue weighted by molar-refractivity contribution is -0.222. The number of nitrogens with one attached hydrogen (secondary N) is 1. The molecule has 1 fully saturated rings. The average molecular weight is 418 g/mol. The third-order valence-corrected chi connectivity index (χ3v) is 3.93. The summed E-state index contributed by atoms with van der Waals surface area (Å²) < 4.78 is 16.8. The van der Waals surface area contributed by atoms with Crippen molar-refractivity contribution in [2.24, 2.45) is 0 Å². The highest BCUT2D eigenvalue weighted by Crippen LogP contribution is 2.25. The van der Waals surface area contributed by atoms with Gasteiger partial charge in [0, 0.05) is 30.2 Å². The molecule has 1 N–H and O–H groups in total. The van der Waals surface area contributed by atoms with Crippen LogP contribution in [0.4, 0.5) is 5.69 Å². The third-order valence-electron chi connectivity index (χ3n) is 3.40. The Hall–Kier alpha value is -2.80. The number of cyclic esters (lactones) is 2. The Morgan fingerprint density at radius 2 is 1.42 bits per heavy atom. The van der Waals surface area contributed by atoms with Crippen molar-refractivity contribution in [1.29, 1.82) is 0 Å². The third kappa shape index (κ3) is 4.43. The van der Waals surface area contributed by atoms with Gasteiger partial charge in [-0.15, -0.1) is 0 Å². The van der Waals surface area contributed by atoms with E-state index >= 15 is 0 Å². The average Bonchev–Trinajstić information content (AvgIpc) is 2.56. The van der Waals surface area contributed by atoms with Crippen molar-refractivity contribution < 1.29 is 23.8 Å². The molecule has 134 valence electrons. The molecule has 0 aromatic heterocycles. The van der Waals surface area contributed by atoms with Gasteiger partial charge in [0.25, 0.3) is 5.79 Å². The fourth-order valence-corrected chi connectivity index (χ4v) is 2.46. The van der Waals surface area contributed by atoms with E-state index in [1.165, 1.54) is 20.0 Å². The maximum Gasteiger partial charge on any atom is 0.350 e. The minimum absolute atomic E-state index is 0.195. The number of anilines is 1. The van der Waals surface area contributed by atoms with Gasteiger partial charge in [0.2, 0.25) is 0 Å². The SMILES string of the molecule is CC1(C)OC(=O)C(=CNc2ccc(Oc3ccc(Br)cc3)cc2)C(=O)O1. The highest BCUT2D eigenvalue weighted by atomic mass is 79.9. The van der Waals surface area contributed by atoms with Crippen molar-refractivity contribution in [2.45, 2.75) is 19.6 Å². The number of benzene rings is 2. The molecule has 3 rings (SSSR count). The van der Waals surface area contributed by atoms with Crippen LogP contribution in [-0.2, 0) is 19.1 Å². The number of hydrogen-bond donors (Lipinski definition) is 1. The zero-order valence-corrected chi connectivity index (χ0v) is 15.7. The fourth-order valence-electron chi connectivity index (χ4n) is 2.19. The first kappa shape index (κ1) is 18.0. The van der Waals surface area contributed by atoms with Crippen LogP contribution in [0.5, 0.6) is 11.5 Å². The summed E-state index contributed by atoms with van der Waals surface area (Å²) in [5.41, 5.74) is 0.477. The smallest absolute Gasteiger partial charge is 0.350 e. The first-order valence-corrected chi connectivity index (χ1v) is 8.59. The number of esters is 2. The lowest BCUT2D eigenvalue weighted by Gasteiger charge is -2.29. The van der Waals surface area contributed by atoms with Gasteiger partial charge < -0.3 is 19.5 Å². The van der Waals surface area contributed by atoms with Crippen LogP contribution in [0.3, 0.4) is 0 Å². The van der Waals surface area contributed by atoms with Gasteiger partial charge in [-0.05, 0) is 48.5 Å². The highest BCUT2D eigenvalue weighted by molar-refractivity contribution is 9.10. The van der Waals surface area contributed by atoms with Crippen LogP contribution < -0.4 is 10.1 Å². The molecule has 26 heavy (non-hydrogen) atoms. The molecule has 1 aliphatic heterocycles. The predicted octanol–water partition coefficient (Wildman–Crippen LogP) is 4.37. The number of hydrogen-bond acceptors (Lipinski definition) is 6. The Balaban J connectivity index is 1.65. The van der Waals surface area contributed by atoms with Crippen LogP contribution in [0.15, 0.2) is 64.8 Å². The Morgan fingerprint density at radius 1 is 0.923 bits per heavy atom. The van der Waals surface area contributed by atoms with Crippen LogP contribution >= 0.6 is 15.9 Å². The van der Waals surface area contributed by atoms with Crippen LogP contribution in [0.25, 0.3) is 0 Å². The van der Waals surface area contributed by atoms with Gasteiger partial charge in [-0.3, -0.25) is 0 Å². The first-order valence-electron chi connectivity index (χ1n) is 7.79. The largest absolute Gasteiger partial charge is 0.457 e. The summed E-state index contributed by atoms with van der Waals surface area (Å²) in [6.07, 6.45) is 1.27. The summed E-state index contributed by atoms with van der Waals surface area (Å²) in [6, 6.07) is 14.5. The van der Waals surface area contributed by atoms with E-state index in [9.17, 15) is 9.59 Å². The fraction of sp³-hybridized carbons (Fsp3) is 0.158.